The number of nitrogens with one attached hydrogen (secondary N) is 2. The van der Waals surface area contributed by atoms with Crippen molar-refractivity contribution in [3.05, 3.63) is 58.1 Å². The van der Waals surface area contributed by atoms with E-state index in [0.29, 0.717) is 17.1 Å². The van der Waals surface area contributed by atoms with Crippen LogP contribution < -0.4 is 20.3 Å². The first-order valence-electron chi connectivity index (χ1n) is 8.10. The molecule has 0 bridgehead atoms. The van der Waals surface area contributed by atoms with Gasteiger partial charge < -0.3 is 9.47 Å². The molecule has 0 spiro atoms. The molecule has 0 aliphatic rings. The van der Waals surface area contributed by atoms with Crippen LogP contribution in [0.15, 0.2) is 46.9 Å². The van der Waals surface area contributed by atoms with Crippen molar-refractivity contribution in [1.82, 2.24) is 10.9 Å². The summed E-state index contributed by atoms with van der Waals surface area (Å²) < 4.78 is 11.9. The Morgan fingerprint density at radius 1 is 1.12 bits per heavy atom. The normalized spacial score (nSPS) is 10.3. The quantitative estimate of drug-likeness (QED) is 0.702. The maximum Gasteiger partial charge on any atom is 0.276 e. The minimum atomic E-state index is -0.463. The number of amides is 2. The lowest BCUT2D eigenvalue weighted by molar-refractivity contribution is -0.123. The van der Waals surface area contributed by atoms with Crippen LogP contribution in [0.2, 0.25) is 0 Å². The Balaban J connectivity index is 1.84. The SMILES string of the molecule is Cc1cc(Br)ccc1OCC(=O)NNC(=O)c1cccc(OC(C)C)c1. The highest BCUT2D eigenvalue weighted by molar-refractivity contribution is 9.10. The van der Waals surface area contributed by atoms with Crippen LogP contribution in [-0.4, -0.2) is 24.5 Å². The molecule has 0 aromatic heterocycles. The predicted molar refractivity (Wildman–Crippen MR) is 102 cm³/mol. The molecule has 6 nitrogen and oxygen atoms in total. The summed E-state index contributed by atoms with van der Waals surface area (Å²) in [5.41, 5.74) is 5.97. The third kappa shape index (κ3) is 6.07. The van der Waals surface area contributed by atoms with E-state index in [1.165, 1.54) is 0 Å². The first-order chi connectivity index (χ1) is 12.3. The number of carbonyl (C=O) groups excluding carboxylic acids is 2. The average molecular weight is 421 g/mol. The van der Waals surface area contributed by atoms with Gasteiger partial charge in [-0.25, -0.2) is 0 Å². The number of ether oxygens (including phenoxy) is 2. The minimum absolute atomic E-state index is 0.00669. The van der Waals surface area contributed by atoms with Crippen LogP contribution in [0.25, 0.3) is 0 Å². The van der Waals surface area contributed by atoms with E-state index in [2.05, 4.69) is 26.8 Å². The molecule has 0 heterocycles. The van der Waals surface area contributed by atoms with E-state index in [1.807, 2.05) is 32.9 Å². The molecule has 0 aliphatic carbocycles. The first kappa shape index (κ1) is 19.8. The number of hydrogen-bond acceptors (Lipinski definition) is 4. The van der Waals surface area contributed by atoms with Crippen molar-refractivity contribution < 1.29 is 19.1 Å². The molecule has 7 heteroatoms. The molecule has 2 rings (SSSR count). The van der Waals surface area contributed by atoms with Crippen molar-refractivity contribution in [1.29, 1.82) is 0 Å². The number of carbonyl (C=O) groups is 2. The van der Waals surface area contributed by atoms with Crippen LogP contribution in [0, 0.1) is 6.92 Å². The van der Waals surface area contributed by atoms with E-state index in [1.54, 1.807) is 30.3 Å². The summed E-state index contributed by atoms with van der Waals surface area (Å²) in [7, 11) is 0. The molecule has 0 saturated carbocycles. The maximum absolute atomic E-state index is 12.1. The van der Waals surface area contributed by atoms with Gasteiger partial charge in [0, 0.05) is 10.0 Å². The van der Waals surface area contributed by atoms with Gasteiger partial charge in [-0.05, 0) is 62.7 Å². The van der Waals surface area contributed by atoms with Crippen LogP contribution in [0.1, 0.15) is 29.8 Å². The van der Waals surface area contributed by atoms with E-state index < -0.39 is 11.8 Å². The molecule has 0 unspecified atom stereocenters. The van der Waals surface area contributed by atoms with Gasteiger partial charge >= 0.3 is 0 Å². The van der Waals surface area contributed by atoms with Crippen molar-refractivity contribution in [3.8, 4) is 11.5 Å². The monoisotopic (exact) mass is 420 g/mol. The van der Waals surface area contributed by atoms with Crippen molar-refractivity contribution in [2.24, 2.45) is 0 Å². The number of aryl methyl sites for hydroxylation is 1. The summed E-state index contributed by atoms with van der Waals surface area (Å²) in [6, 6.07) is 12.2. The van der Waals surface area contributed by atoms with Gasteiger partial charge in [0.2, 0.25) is 0 Å². The minimum Gasteiger partial charge on any atom is -0.491 e. The average Bonchev–Trinajstić information content (AvgIpc) is 2.58. The molecule has 0 fully saturated rings. The second kappa shape index (κ2) is 9.24. The fourth-order valence-corrected chi connectivity index (χ4v) is 2.61. The zero-order chi connectivity index (χ0) is 19.1. The standard InChI is InChI=1S/C19H21BrN2O4/c1-12(2)26-16-6-4-5-14(10-16)19(24)22-21-18(23)11-25-17-8-7-15(20)9-13(17)3/h4-10,12H,11H2,1-3H3,(H,21,23)(H,22,24). The number of halogens is 1. The summed E-state index contributed by atoms with van der Waals surface area (Å²) in [4.78, 5) is 24.0. The van der Waals surface area contributed by atoms with Crippen LogP contribution in [0.5, 0.6) is 11.5 Å². The Hall–Kier alpha value is -2.54. The van der Waals surface area contributed by atoms with Crippen molar-refractivity contribution in [2.45, 2.75) is 26.9 Å². The third-order valence-electron chi connectivity index (χ3n) is 3.28. The molecule has 138 valence electrons. The predicted octanol–water partition coefficient (Wildman–Crippen LogP) is 3.38. The number of hydrazine groups is 1. The zero-order valence-electron chi connectivity index (χ0n) is 14.8. The molecule has 2 N–H and O–H groups in total. The van der Waals surface area contributed by atoms with Crippen molar-refractivity contribution in [2.75, 3.05) is 6.61 Å². The fraction of sp³-hybridized carbons (Fsp3) is 0.263. The first-order valence-corrected chi connectivity index (χ1v) is 8.89. The Morgan fingerprint density at radius 2 is 1.88 bits per heavy atom. The topological polar surface area (TPSA) is 76.7 Å². The van der Waals surface area contributed by atoms with E-state index >= 15 is 0 Å². The van der Waals surface area contributed by atoms with Gasteiger partial charge in [0.05, 0.1) is 6.10 Å². The van der Waals surface area contributed by atoms with E-state index in [0.717, 1.165) is 10.0 Å². The molecular weight excluding hydrogens is 400 g/mol. The van der Waals surface area contributed by atoms with E-state index in [-0.39, 0.29) is 12.7 Å². The smallest absolute Gasteiger partial charge is 0.276 e. The van der Waals surface area contributed by atoms with Gasteiger partial charge in [0.25, 0.3) is 11.8 Å². The fourth-order valence-electron chi connectivity index (χ4n) is 2.14. The Labute approximate surface area is 161 Å². The zero-order valence-corrected chi connectivity index (χ0v) is 16.4. The van der Waals surface area contributed by atoms with Crippen LogP contribution in [0.3, 0.4) is 0 Å². The lowest BCUT2D eigenvalue weighted by atomic mass is 10.2. The molecule has 2 amide bonds. The summed E-state index contributed by atoms with van der Waals surface area (Å²) >= 11 is 3.37. The maximum atomic E-state index is 12.1. The largest absolute Gasteiger partial charge is 0.491 e. The lowest BCUT2D eigenvalue weighted by Crippen LogP contribution is -2.43. The third-order valence-corrected chi connectivity index (χ3v) is 3.77. The van der Waals surface area contributed by atoms with Gasteiger partial charge in [-0.1, -0.05) is 22.0 Å². The lowest BCUT2D eigenvalue weighted by Gasteiger charge is -2.12. The van der Waals surface area contributed by atoms with Crippen molar-refractivity contribution >= 4 is 27.7 Å². The number of hydrogen-bond donors (Lipinski definition) is 2. The summed E-state index contributed by atoms with van der Waals surface area (Å²) in [5, 5.41) is 0. The molecule has 0 aliphatic heterocycles. The van der Waals surface area contributed by atoms with Crippen LogP contribution in [-0.2, 0) is 4.79 Å². The van der Waals surface area contributed by atoms with Gasteiger partial charge in [0.1, 0.15) is 11.5 Å². The summed E-state index contributed by atoms with van der Waals surface area (Å²) in [6.45, 7) is 5.48. The molecule has 0 saturated heterocycles. The second-order valence-corrected chi connectivity index (χ2v) is 6.81. The second-order valence-electron chi connectivity index (χ2n) is 5.90. The molecule has 0 radical (unpaired) electrons. The van der Waals surface area contributed by atoms with Crippen LogP contribution >= 0.6 is 15.9 Å². The molecule has 2 aromatic carbocycles. The Kier molecular flexibility index (Phi) is 7.03. The van der Waals surface area contributed by atoms with Gasteiger partial charge in [-0.2, -0.15) is 0 Å². The highest BCUT2D eigenvalue weighted by Gasteiger charge is 2.10. The van der Waals surface area contributed by atoms with E-state index in [4.69, 9.17) is 9.47 Å². The molecule has 26 heavy (non-hydrogen) atoms. The highest BCUT2D eigenvalue weighted by Crippen LogP contribution is 2.22. The summed E-state index contributed by atoms with van der Waals surface area (Å²) in [5.74, 6) is 0.295. The number of benzene rings is 2. The molecule has 0 atom stereocenters. The summed E-state index contributed by atoms with van der Waals surface area (Å²) in [6.07, 6.45) is 0.00669. The Bertz CT molecular complexity index is 793. The van der Waals surface area contributed by atoms with Gasteiger partial charge in [-0.3, -0.25) is 20.4 Å². The van der Waals surface area contributed by atoms with Crippen molar-refractivity contribution in [3.63, 3.8) is 0 Å². The molecular formula is C19H21BrN2O4. The highest BCUT2D eigenvalue weighted by atomic mass is 79.9. The van der Waals surface area contributed by atoms with E-state index in [9.17, 15) is 9.59 Å². The van der Waals surface area contributed by atoms with Gasteiger partial charge in [0.15, 0.2) is 6.61 Å². The number of rotatable bonds is 6. The Morgan fingerprint density at radius 3 is 2.58 bits per heavy atom. The van der Waals surface area contributed by atoms with Gasteiger partial charge in [-0.15, -0.1) is 0 Å². The molecule has 2 aromatic rings. The van der Waals surface area contributed by atoms with Crippen LogP contribution in [0.4, 0.5) is 0 Å².